The molecule has 0 bridgehead atoms. The van der Waals surface area contributed by atoms with Crippen LogP contribution in [0.2, 0.25) is 0 Å². The Balaban J connectivity index is 2.35. The highest BCUT2D eigenvalue weighted by atomic mass is 35.5. The van der Waals surface area contributed by atoms with Crippen LogP contribution in [0.1, 0.15) is 4.88 Å². The number of aliphatic imine (C=N–C) groups is 1. The molecule has 82 valence electrons. The van der Waals surface area contributed by atoms with Crippen LogP contribution in [-0.4, -0.2) is 12.3 Å². The first-order chi connectivity index (χ1) is 7.81. The summed E-state index contributed by atoms with van der Waals surface area (Å²) < 4.78 is 5.20. The van der Waals surface area contributed by atoms with Crippen LogP contribution in [0, 0.1) is 0 Å². The first-order valence-electron chi connectivity index (χ1n) is 4.72. The number of ether oxygens (including phenoxy) is 1. The molecule has 0 aliphatic rings. The third kappa shape index (κ3) is 2.43. The fraction of sp³-hybridized carbons (Fsp3) is 0.0833. The van der Waals surface area contributed by atoms with Gasteiger partial charge in [-0.25, -0.2) is 4.99 Å². The quantitative estimate of drug-likeness (QED) is 0.754. The lowest BCUT2D eigenvalue weighted by molar-refractivity contribution is 0.416. The number of hydrogen-bond acceptors (Lipinski definition) is 3. The average molecular weight is 252 g/mol. The fourth-order valence-corrected chi connectivity index (χ4v) is 2.17. The second-order valence-electron chi connectivity index (χ2n) is 3.05. The Morgan fingerprint density at radius 1 is 1.25 bits per heavy atom. The maximum absolute atomic E-state index is 6.12. The molecule has 0 radical (unpaired) electrons. The molecule has 1 heterocycles. The number of halogens is 1. The summed E-state index contributed by atoms with van der Waals surface area (Å²) in [5, 5.41) is 2.45. The van der Waals surface area contributed by atoms with Crippen molar-refractivity contribution in [3.8, 4) is 5.75 Å². The van der Waals surface area contributed by atoms with Gasteiger partial charge in [-0.3, -0.25) is 0 Å². The van der Waals surface area contributed by atoms with Crippen molar-refractivity contribution in [1.29, 1.82) is 0 Å². The normalized spacial score (nSPS) is 11.5. The number of methoxy groups -OCH3 is 1. The molecular formula is C12H10ClNOS. The lowest BCUT2D eigenvalue weighted by Crippen LogP contribution is -1.87. The van der Waals surface area contributed by atoms with E-state index in [-0.39, 0.29) is 0 Å². The maximum atomic E-state index is 6.12. The van der Waals surface area contributed by atoms with Crippen molar-refractivity contribution in [2.75, 3.05) is 7.11 Å². The number of benzene rings is 1. The van der Waals surface area contributed by atoms with Crippen molar-refractivity contribution >= 4 is 33.8 Å². The minimum Gasteiger partial charge on any atom is -0.494 e. The van der Waals surface area contributed by atoms with E-state index in [1.165, 1.54) is 0 Å². The molecule has 2 nitrogen and oxygen atoms in total. The molecule has 1 aromatic carbocycles. The summed E-state index contributed by atoms with van der Waals surface area (Å²) in [7, 11) is 1.62. The summed E-state index contributed by atoms with van der Waals surface area (Å²) in [5.41, 5.74) is 0.739. The molecule has 0 saturated heterocycles. The van der Waals surface area contributed by atoms with E-state index in [1.54, 1.807) is 18.4 Å². The van der Waals surface area contributed by atoms with Crippen LogP contribution in [0.5, 0.6) is 5.75 Å². The van der Waals surface area contributed by atoms with E-state index in [1.807, 2.05) is 41.8 Å². The van der Waals surface area contributed by atoms with Crippen molar-refractivity contribution < 1.29 is 4.74 Å². The summed E-state index contributed by atoms with van der Waals surface area (Å²) in [4.78, 5) is 5.29. The molecule has 0 spiro atoms. The van der Waals surface area contributed by atoms with Gasteiger partial charge in [-0.15, -0.1) is 11.3 Å². The van der Waals surface area contributed by atoms with Crippen LogP contribution in [0.15, 0.2) is 46.8 Å². The monoisotopic (exact) mass is 251 g/mol. The van der Waals surface area contributed by atoms with Gasteiger partial charge in [-0.1, -0.05) is 29.8 Å². The number of rotatable bonds is 3. The molecule has 1 aromatic heterocycles. The molecule has 0 aliphatic carbocycles. The van der Waals surface area contributed by atoms with Crippen molar-refractivity contribution in [2.24, 2.45) is 4.99 Å². The minimum atomic E-state index is 0.486. The molecule has 2 rings (SSSR count). The van der Waals surface area contributed by atoms with E-state index >= 15 is 0 Å². The predicted octanol–water partition coefficient (Wildman–Crippen LogP) is 4.07. The SMILES string of the molecule is COc1ccccc1N=C(Cl)c1cccs1. The molecule has 2 aromatic rings. The summed E-state index contributed by atoms with van der Waals surface area (Å²) in [6, 6.07) is 11.4. The van der Waals surface area contributed by atoms with Gasteiger partial charge < -0.3 is 4.74 Å². The van der Waals surface area contributed by atoms with Gasteiger partial charge in [0.2, 0.25) is 0 Å². The van der Waals surface area contributed by atoms with Crippen LogP contribution >= 0.6 is 22.9 Å². The van der Waals surface area contributed by atoms with Gasteiger partial charge in [0, 0.05) is 0 Å². The molecule has 0 N–H and O–H groups in total. The second-order valence-corrected chi connectivity index (χ2v) is 4.36. The highest BCUT2D eigenvalue weighted by molar-refractivity contribution is 7.14. The van der Waals surface area contributed by atoms with Crippen LogP contribution in [-0.2, 0) is 0 Å². The van der Waals surface area contributed by atoms with Crippen molar-refractivity contribution in [3.05, 3.63) is 46.7 Å². The highest BCUT2D eigenvalue weighted by Crippen LogP contribution is 2.28. The van der Waals surface area contributed by atoms with Crippen LogP contribution in [0.25, 0.3) is 0 Å². The lowest BCUT2D eigenvalue weighted by Gasteiger charge is -2.03. The van der Waals surface area contributed by atoms with Gasteiger partial charge in [0.25, 0.3) is 0 Å². The van der Waals surface area contributed by atoms with Crippen LogP contribution in [0.3, 0.4) is 0 Å². The molecule has 0 aliphatic heterocycles. The summed E-state index contributed by atoms with van der Waals surface area (Å²) in [5.74, 6) is 0.720. The van der Waals surface area contributed by atoms with E-state index in [9.17, 15) is 0 Å². The van der Waals surface area contributed by atoms with Gasteiger partial charge >= 0.3 is 0 Å². The largest absolute Gasteiger partial charge is 0.494 e. The number of nitrogens with zero attached hydrogens (tertiary/aromatic N) is 1. The van der Waals surface area contributed by atoms with E-state index < -0.39 is 0 Å². The molecular weight excluding hydrogens is 242 g/mol. The molecule has 0 amide bonds. The highest BCUT2D eigenvalue weighted by Gasteiger charge is 2.04. The number of thiophene rings is 1. The van der Waals surface area contributed by atoms with E-state index in [0.29, 0.717) is 5.17 Å². The number of para-hydroxylation sites is 2. The molecule has 0 atom stereocenters. The zero-order valence-electron chi connectivity index (χ0n) is 8.68. The Bertz CT molecular complexity index is 493. The van der Waals surface area contributed by atoms with Crippen molar-refractivity contribution in [1.82, 2.24) is 0 Å². The standard InChI is InChI=1S/C12H10ClNOS/c1-15-10-6-3-2-5-9(10)14-12(13)11-7-4-8-16-11/h2-8H,1H3. The minimum absolute atomic E-state index is 0.486. The van der Waals surface area contributed by atoms with Gasteiger partial charge in [-0.2, -0.15) is 0 Å². The van der Waals surface area contributed by atoms with E-state index in [0.717, 1.165) is 16.3 Å². The molecule has 0 unspecified atom stereocenters. The topological polar surface area (TPSA) is 21.6 Å². The van der Waals surface area contributed by atoms with Gasteiger partial charge in [0.1, 0.15) is 16.6 Å². The van der Waals surface area contributed by atoms with Gasteiger partial charge in [0.15, 0.2) is 0 Å². The Labute approximate surface area is 103 Å². The average Bonchev–Trinajstić information content (AvgIpc) is 2.83. The zero-order valence-corrected chi connectivity index (χ0v) is 10.3. The molecule has 4 heteroatoms. The van der Waals surface area contributed by atoms with Crippen molar-refractivity contribution in [3.63, 3.8) is 0 Å². The Kier molecular flexibility index (Phi) is 3.59. The van der Waals surface area contributed by atoms with E-state index in [2.05, 4.69) is 4.99 Å². The number of hydrogen-bond donors (Lipinski definition) is 0. The zero-order chi connectivity index (χ0) is 11.4. The first-order valence-corrected chi connectivity index (χ1v) is 5.98. The van der Waals surface area contributed by atoms with Gasteiger partial charge in [0.05, 0.1) is 12.0 Å². The Morgan fingerprint density at radius 2 is 2.06 bits per heavy atom. The lowest BCUT2D eigenvalue weighted by atomic mass is 10.3. The third-order valence-electron chi connectivity index (χ3n) is 2.03. The predicted molar refractivity (Wildman–Crippen MR) is 69.4 cm³/mol. The maximum Gasteiger partial charge on any atom is 0.147 e. The summed E-state index contributed by atoms with van der Waals surface area (Å²) in [6.07, 6.45) is 0. The van der Waals surface area contributed by atoms with Crippen LogP contribution in [0.4, 0.5) is 5.69 Å². The summed E-state index contributed by atoms with van der Waals surface area (Å²) in [6.45, 7) is 0. The van der Waals surface area contributed by atoms with Gasteiger partial charge in [-0.05, 0) is 23.6 Å². The first kappa shape index (κ1) is 11.2. The summed E-state index contributed by atoms with van der Waals surface area (Å²) >= 11 is 7.68. The fourth-order valence-electron chi connectivity index (χ4n) is 1.28. The smallest absolute Gasteiger partial charge is 0.147 e. The third-order valence-corrected chi connectivity index (χ3v) is 3.31. The Hall–Kier alpha value is -1.32. The van der Waals surface area contributed by atoms with Crippen molar-refractivity contribution in [2.45, 2.75) is 0 Å². The Morgan fingerprint density at radius 3 is 2.75 bits per heavy atom. The molecule has 0 saturated carbocycles. The second kappa shape index (κ2) is 5.14. The molecule has 16 heavy (non-hydrogen) atoms. The van der Waals surface area contributed by atoms with Crippen LogP contribution < -0.4 is 4.74 Å². The van der Waals surface area contributed by atoms with E-state index in [4.69, 9.17) is 16.3 Å². The molecule has 0 fully saturated rings.